The van der Waals surface area contributed by atoms with Crippen molar-refractivity contribution in [1.82, 2.24) is 9.97 Å². The van der Waals surface area contributed by atoms with Gasteiger partial charge in [0, 0.05) is 48.0 Å². The first-order chi connectivity index (χ1) is 19.7. The number of piperidine rings is 1. The molecule has 0 radical (unpaired) electrons. The number of carbonyl (C=O) groups is 1. The smallest absolute Gasteiger partial charge is 0.256 e. The minimum Gasteiger partial charge on any atom is -0.497 e. The van der Waals surface area contributed by atoms with Crippen molar-refractivity contribution in [2.75, 3.05) is 41.9 Å². The van der Waals surface area contributed by atoms with Crippen molar-refractivity contribution in [3.8, 4) is 5.75 Å². The number of aromatic nitrogens is 2. The van der Waals surface area contributed by atoms with Crippen molar-refractivity contribution in [2.45, 2.75) is 44.8 Å². The van der Waals surface area contributed by atoms with Crippen molar-refractivity contribution >= 4 is 39.3 Å². The Morgan fingerprint density at radius 3 is 2.54 bits per heavy atom. The lowest BCUT2D eigenvalue weighted by molar-refractivity contribution is 0.0191. The predicted octanol–water partition coefficient (Wildman–Crippen LogP) is 6.30. The molecule has 0 saturated carbocycles. The average molecular weight is 621 g/mol. The van der Waals surface area contributed by atoms with Crippen LogP contribution in [0, 0.1) is 6.92 Å². The highest BCUT2D eigenvalue weighted by atomic mass is 79.9. The third-order valence-electron chi connectivity index (χ3n) is 7.27. The molecule has 3 aromatic rings. The van der Waals surface area contributed by atoms with Gasteiger partial charge in [-0.3, -0.25) is 4.79 Å². The van der Waals surface area contributed by atoms with Gasteiger partial charge in [0.15, 0.2) is 0 Å². The van der Waals surface area contributed by atoms with Gasteiger partial charge in [0.2, 0.25) is 5.95 Å². The molecule has 1 aromatic heterocycles. The van der Waals surface area contributed by atoms with Gasteiger partial charge in [0.05, 0.1) is 18.4 Å². The molecule has 0 atom stereocenters. The molecule has 9 heteroatoms. The second-order valence-electron chi connectivity index (χ2n) is 10.4. The Kier molecular flexibility index (Phi) is 10.2. The molecule has 0 bridgehead atoms. The second kappa shape index (κ2) is 13.8. The summed E-state index contributed by atoms with van der Waals surface area (Å²) in [6.07, 6.45) is 6.27. The predicted molar refractivity (Wildman–Crippen MR) is 169 cm³/mol. The van der Waals surface area contributed by atoms with E-state index in [1.165, 1.54) is 0 Å². The Hall–Kier alpha value is -3.69. The summed E-state index contributed by atoms with van der Waals surface area (Å²) in [5.41, 5.74) is 2.58. The van der Waals surface area contributed by atoms with Crippen LogP contribution in [-0.4, -0.2) is 53.3 Å². The summed E-state index contributed by atoms with van der Waals surface area (Å²) in [5.74, 6) is 1.52. The highest BCUT2D eigenvalue weighted by Gasteiger charge is 2.31. The average Bonchev–Trinajstić information content (AvgIpc) is 2.96. The van der Waals surface area contributed by atoms with Gasteiger partial charge in [0.1, 0.15) is 11.6 Å². The summed E-state index contributed by atoms with van der Waals surface area (Å²) in [6, 6.07) is 15.2. The van der Waals surface area contributed by atoms with Gasteiger partial charge < -0.3 is 25.0 Å². The normalized spacial score (nSPS) is 14.3. The first kappa shape index (κ1) is 30.3. The van der Waals surface area contributed by atoms with E-state index in [1.54, 1.807) is 25.3 Å². The Balaban J connectivity index is 1.51. The molecule has 1 aliphatic rings. The number of benzene rings is 2. The molecule has 2 N–H and O–H groups in total. The number of halogens is 1. The third-order valence-corrected chi connectivity index (χ3v) is 7.94. The maximum atomic E-state index is 13.4. The van der Waals surface area contributed by atoms with Gasteiger partial charge in [-0.2, -0.15) is 4.98 Å². The minimum absolute atomic E-state index is 0.254. The minimum atomic E-state index is -0.713. The summed E-state index contributed by atoms with van der Waals surface area (Å²) in [4.78, 5) is 27.0. The highest BCUT2D eigenvalue weighted by Crippen LogP contribution is 2.34. The lowest BCUT2D eigenvalue weighted by atomic mass is 9.88. The van der Waals surface area contributed by atoms with E-state index in [2.05, 4.69) is 49.2 Å². The Bertz CT molecular complexity index is 1370. The standard InChI is InChI=1S/C32H38BrN5O3/c1-5-7-17-38(22-24-8-11-26(41-4)12-9-24)31-34-23(3)20-29(36-31)35-30(39)25-10-13-27(33)28(21-25)37-18-15-32(40,14-6-2)16-19-37/h5-6,8-13,20-21,40H,1-2,7,14-19,22H2,3-4H3,(H,34,35,36,39). The van der Waals surface area contributed by atoms with E-state index in [0.29, 0.717) is 62.8 Å². The number of carbonyl (C=O) groups excluding carboxylic acids is 1. The molecule has 4 rings (SSSR count). The summed E-state index contributed by atoms with van der Waals surface area (Å²) >= 11 is 3.64. The number of ether oxygens (including phenoxy) is 1. The third kappa shape index (κ3) is 7.95. The fourth-order valence-electron chi connectivity index (χ4n) is 4.93. The van der Waals surface area contributed by atoms with Crippen molar-refractivity contribution in [1.29, 1.82) is 0 Å². The summed E-state index contributed by atoms with van der Waals surface area (Å²) in [7, 11) is 1.65. The molecule has 2 aromatic carbocycles. The molecule has 1 fully saturated rings. The molecule has 0 aliphatic carbocycles. The van der Waals surface area contributed by atoms with Crippen LogP contribution in [0.15, 0.2) is 78.3 Å². The van der Waals surface area contributed by atoms with Crippen molar-refractivity contribution < 1.29 is 14.6 Å². The molecule has 1 saturated heterocycles. The lowest BCUT2D eigenvalue weighted by Crippen LogP contribution is -2.44. The summed E-state index contributed by atoms with van der Waals surface area (Å²) < 4.78 is 6.19. The second-order valence-corrected chi connectivity index (χ2v) is 11.2. The maximum absolute atomic E-state index is 13.4. The fourth-order valence-corrected chi connectivity index (χ4v) is 5.43. The van der Waals surface area contributed by atoms with Crippen molar-refractivity contribution in [3.05, 3.63) is 95.1 Å². The number of hydrogen-bond acceptors (Lipinski definition) is 7. The van der Waals surface area contributed by atoms with Gasteiger partial charge >= 0.3 is 0 Å². The highest BCUT2D eigenvalue weighted by molar-refractivity contribution is 9.10. The number of hydrogen-bond donors (Lipinski definition) is 2. The van der Waals surface area contributed by atoms with Crippen LogP contribution in [0.4, 0.5) is 17.5 Å². The zero-order valence-corrected chi connectivity index (χ0v) is 25.4. The van der Waals surface area contributed by atoms with Gasteiger partial charge in [-0.25, -0.2) is 4.98 Å². The maximum Gasteiger partial charge on any atom is 0.256 e. The zero-order chi connectivity index (χ0) is 29.4. The van der Waals surface area contributed by atoms with E-state index >= 15 is 0 Å². The monoisotopic (exact) mass is 619 g/mol. The quantitative estimate of drug-likeness (QED) is 0.230. The van der Waals surface area contributed by atoms with E-state index in [-0.39, 0.29) is 5.91 Å². The van der Waals surface area contributed by atoms with Crippen LogP contribution in [0.2, 0.25) is 0 Å². The number of anilines is 3. The number of aryl methyl sites for hydroxylation is 1. The van der Waals surface area contributed by atoms with Crippen molar-refractivity contribution in [3.63, 3.8) is 0 Å². The lowest BCUT2D eigenvalue weighted by Gasteiger charge is -2.39. The molecular formula is C32H38BrN5O3. The molecule has 41 heavy (non-hydrogen) atoms. The Morgan fingerprint density at radius 2 is 1.88 bits per heavy atom. The number of aliphatic hydroxyl groups is 1. The first-order valence-electron chi connectivity index (χ1n) is 13.8. The van der Waals surface area contributed by atoms with Crippen LogP contribution < -0.4 is 19.9 Å². The number of methoxy groups -OCH3 is 1. The molecule has 1 amide bonds. The van der Waals surface area contributed by atoms with Crippen LogP contribution in [0.5, 0.6) is 5.75 Å². The van der Waals surface area contributed by atoms with Gasteiger partial charge in [-0.1, -0.05) is 24.3 Å². The molecule has 1 aliphatic heterocycles. The van der Waals surface area contributed by atoms with Gasteiger partial charge in [-0.15, -0.1) is 13.2 Å². The Morgan fingerprint density at radius 1 is 1.15 bits per heavy atom. The van der Waals surface area contributed by atoms with Crippen LogP contribution in [-0.2, 0) is 6.54 Å². The fraction of sp³-hybridized carbons (Fsp3) is 0.344. The van der Waals surface area contributed by atoms with E-state index < -0.39 is 5.60 Å². The molecule has 0 spiro atoms. The largest absolute Gasteiger partial charge is 0.497 e. The molecule has 0 unspecified atom stereocenters. The van der Waals surface area contributed by atoms with Crippen LogP contribution in [0.1, 0.15) is 47.3 Å². The number of rotatable bonds is 12. The van der Waals surface area contributed by atoms with Crippen LogP contribution >= 0.6 is 15.9 Å². The van der Waals surface area contributed by atoms with E-state index in [0.717, 1.165) is 33.6 Å². The van der Waals surface area contributed by atoms with Crippen molar-refractivity contribution in [2.24, 2.45) is 0 Å². The van der Waals surface area contributed by atoms with Crippen LogP contribution in [0.25, 0.3) is 0 Å². The topological polar surface area (TPSA) is 90.8 Å². The number of amides is 1. The number of nitrogens with one attached hydrogen (secondary N) is 1. The molecule has 8 nitrogen and oxygen atoms in total. The molecule has 2 heterocycles. The van der Waals surface area contributed by atoms with E-state index in [4.69, 9.17) is 9.72 Å². The molecular weight excluding hydrogens is 582 g/mol. The van der Waals surface area contributed by atoms with Crippen LogP contribution in [0.3, 0.4) is 0 Å². The number of nitrogens with zero attached hydrogens (tertiary/aromatic N) is 4. The SMILES string of the molecule is C=CCCN(Cc1ccc(OC)cc1)c1nc(C)cc(NC(=O)c2ccc(Br)c(N3CCC(O)(CC=C)CC3)c2)n1. The van der Waals surface area contributed by atoms with Gasteiger partial charge in [-0.05, 0) is 84.4 Å². The van der Waals surface area contributed by atoms with E-state index in [9.17, 15) is 9.90 Å². The zero-order valence-electron chi connectivity index (χ0n) is 23.8. The molecule has 216 valence electrons. The summed E-state index contributed by atoms with van der Waals surface area (Å²) in [6.45, 7) is 12.2. The van der Waals surface area contributed by atoms with Gasteiger partial charge in [0.25, 0.3) is 5.91 Å². The van der Waals surface area contributed by atoms with E-state index in [1.807, 2.05) is 49.4 Å². The Labute approximate surface area is 250 Å². The first-order valence-corrected chi connectivity index (χ1v) is 14.6. The summed E-state index contributed by atoms with van der Waals surface area (Å²) in [5, 5.41) is 13.7.